The Labute approximate surface area is 209 Å². The fourth-order valence-corrected chi connectivity index (χ4v) is 5.23. The van der Waals surface area contributed by atoms with Crippen molar-refractivity contribution < 1.29 is 35.7 Å². The smallest absolute Gasteiger partial charge is 0.278 e. The summed E-state index contributed by atoms with van der Waals surface area (Å²) in [7, 11) is -4.23. The standard InChI is InChI=1S/C24H22F3N3O6S/c1-37(34,35)36-23(17-6-3-11-30(17)24(33)21-22(32)18(31)12-28-29-21)19(13-7-9-14(25)10-8-13)15-4-2-5-16(26)20(15)27/h2,4-5,7-10,12,17,19,23H,3,6,11H2,1H3,(H,28,32)(H,29,31)/t17-,19-,23+/m1/s1. The summed E-state index contributed by atoms with van der Waals surface area (Å²) < 4.78 is 73.2. The van der Waals surface area contributed by atoms with E-state index in [1.807, 2.05) is 0 Å². The van der Waals surface area contributed by atoms with E-state index < -0.39 is 68.4 Å². The van der Waals surface area contributed by atoms with Gasteiger partial charge in [0, 0.05) is 18.0 Å². The van der Waals surface area contributed by atoms with E-state index in [1.54, 1.807) is 0 Å². The van der Waals surface area contributed by atoms with Crippen molar-refractivity contribution in [1.82, 2.24) is 15.1 Å². The Morgan fingerprint density at radius 2 is 1.89 bits per heavy atom. The molecule has 0 radical (unpaired) electrons. The first-order chi connectivity index (χ1) is 17.5. The van der Waals surface area contributed by atoms with Gasteiger partial charge in [0.25, 0.3) is 21.5 Å². The number of hydrogen-bond acceptors (Lipinski definition) is 7. The maximum absolute atomic E-state index is 15.1. The van der Waals surface area contributed by atoms with Crippen molar-refractivity contribution in [2.45, 2.75) is 30.9 Å². The van der Waals surface area contributed by atoms with Crippen LogP contribution in [0.3, 0.4) is 0 Å². The summed E-state index contributed by atoms with van der Waals surface area (Å²) in [6.07, 6.45) is 0.704. The molecule has 1 aromatic heterocycles. The SMILES string of the molecule is CS(=O)(=O)O[C@H]([C@H](c1ccc(F)cc1)c1cccc(F)c1F)[C@H]1CCCN1C(=O)c1n[nH]cc(O)c1=O. The molecule has 13 heteroatoms. The number of amides is 1. The summed E-state index contributed by atoms with van der Waals surface area (Å²) in [6, 6.07) is 7.03. The van der Waals surface area contributed by atoms with Gasteiger partial charge in [-0.15, -0.1) is 0 Å². The molecule has 196 valence electrons. The van der Waals surface area contributed by atoms with Crippen LogP contribution in [0.15, 0.2) is 53.5 Å². The molecule has 4 rings (SSSR count). The summed E-state index contributed by atoms with van der Waals surface area (Å²) in [4.78, 5) is 26.8. The van der Waals surface area contributed by atoms with Crippen molar-refractivity contribution in [3.63, 3.8) is 0 Å². The molecule has 3 aromatic rings. The number of hydrogen-bond donors (Lipinski definition) is 2. The van der Waals surface area contributed by atoms with E-state index in [0.717, 1.165) is 35.6 Å². The van der Waals surface area contributed by atoms with Gasteiger partial charge in [-0.05, 0) is 36.6 Å². The summed E-state index contributed by atoms with van der Waals surface area (Å²) in [5, 5.41) is 15.6. The number of carbonyl (C=O) groups is 1. The number of likely N-dealkylation sites (tertiary alicyclic amines) is 1. The topological polar surface area (TPSA) is 130 Å². The number of nitrogens with one attached hydrogen (secondary N) is 1. The number of H-pyrrole nitrogens is 1. The lowest BCUT2D eigenvalue weighted by Gasteiger charge is -2.36. The Morgan fingerprint density at radius 3 is 2.57 bits per heavy atom. The molecule has 0 saturated carbocycles. The van der Waals surface area contributed by atoms with Crippen molar-refractivity contribution in [2.75, 3.05) is 12.8 Å². The molecule has 1 aliphatic heterocycles. The third kappa shape index (κ3) is 5.52. The first kappa shape index (κ1) is 26.4. The summed E-state index contributed by atoms with van der Waals surface area (Å²) >= 11 is 0. The zero-order valence-corrected chi connectivity index (χ0v) is 20.2. The number of nitrogens with zero attached hydrogens (tertiary/aromatic N) is 2. The van der Waals surface area contributed by atoms with E-state index in [-0.39, 0.29) is 24.1 Å². The van der Waals surface area contributed by atoms with Crippen molar-refractivity contribution in [2.24, 2.45) is 0 Å². The van der Waals surface area contributed by atoms with Crippen LogP contribution < -0.4 is 5.43 Å². The second kappa shape index (κ2) is 10.3. The van der Waals surface area contributed by atoms with Crippen LogP contribution in [0.4, 0.5) is 13.2 Å². The number of aromatic hydroxyl groups is 1. The van der Waals surface area contributed by atoms with E-state index >= 15 is 4.39 Å². The number of carbonyl (C=O) groups excluding carboxylic acids is 1. The molecule has 1 saturated heterocycles. The predicted molar refractivity (Wildman–Crippen MR) is 125 cm³/mol. The lowest BCUT2D eigenvalue weighted by Crippen LogP contribution is -2.48. The van der Waals surface area contributed by atoms with E-state index in [0.29, 0.717) is 6.42 Å². The molecule has 1 aliphatic rings. The van der Waals surface area contributed by atoms with Crippen LogP contribution in [0.2, 0.25) is 0 Å². The molecule has 3 atom stereocenters. The lowest BCUT2D eigenvalue weighted by atomic mass is 9.82. The molecule has 2 heterocycles. The van der Waals surface area contributed by atoms with Crippen molar-refractivity contribution >= 4 is 16.0 Å². The Bertz CT molecular complexity index is 1480. The second-order valence-corrected chi connectivity index (χ2v) is 10.2. The zero-order valence-electron chi connectivity index (χ0n) is 19.4. The molecule has 1 amide bonds. The van der Waals surface area contributed by atoms with E-state index in [2.05, 4.69) is 10.2 Å². The summed E-state index contributed by atoms with van der Waals surface area (Å²) in [5.41, 5.74) is -1.75. The monoisotopic (exact) mass is 537 g/mol. The average molecular weight is 538 g/mol. The quantitative estimate of drug-likeness (QED) is 0.444. The minimum Gasteiger partial charge on any atom is -0.503 e. The number of benzene rings is 2. The molecule has 2 N–H and O–H groups in total. The maximum atomic E-state index is 15.1. The van der Waals surface area contributed by atoms with Crippen molar-refractivity contribution in [1.29, 1.82) is 0 Å². The third-order valence-electron chi connectivity index (χ3n) is 6.13. The van der Waals surface area contributed by atoms with Crippen LogP contribution in [0.1, 0.15) is 40.4 Å². The van der Waals surface area contributed by atoms with Gasteiger partial charge in [-0.2, -0.15) is 13.5 Å². The molecule has 1 fully saturated rings. The van der Waals surface area contributed by atoms with Crippen LogP contribution in [-0.4, -0.2) is 59.5 Å². The molecule has 2 aromatic carbocycles. The number of aromatic amines is 1. The first-order valence-corrected chi connectivity index (χ1v) is 12.9. The van der Waals surface area contributed by atoms with Gasteiger partial charge >= 0.3 is 0 Å². The fraction of sp³-hybridized carbons (Fsp3) is 0.292. The molecular formula is C24H22F3N3O6S. The van der Waals surface area contributed by atoms with Crippen LogP contribution >= 0.6 is 0 Å². The van der Waals surface area contributed by atoms with Crippen LogP contribution in [0.5, 0.6) is 5.75 Å². The summed E-state index contributed by atoms with van der Waals surface area (Å²) in [6.45, 7) is 0.0612. The molecule has 0 spiro atoms. The van der Waals surface area contributed by atoms with Crippen LogP contribution in [-0.2, 0) is 14.3 Å². The van der Waals surface area contributed by atoms with Gasteiger partial charge in [0.15, 0.2) is 23.1 Å². The Hall–Kier alpha value is -3.71. The minimum absolute atomic E-state index is 0.0612. The van der Waals surface area contributed by atoms with Gasteiger partial charge in [0.05, 0.1) is 18.5 Å². The number of aromatic nitrogens is 2. The molecule has 0 aliphatic carbocycles. The fourth-order valence-electron chi connectivity index (χ4n) is 4.58. The van der Waals surface area contributed by atoms with E-state index in [9.17, 15) is 31.9 Å². The van der Waals surface area contributed by atoms with Gasteiger partial charge < -0.3 is 10.0 Å². The highest BCUT2D eigenvalue weighted by Crippen LogP contribution is 2.39. The van der Waals surface area contributed by atoms with Crippen molar-refractivity contribution in [3.8, 4) is 5.75 Å². The van der Waals surface area contributed by atoms with Gasteiger partial charge in [-0.3, -0.25) is 18.9 Å². The molecule has 0 unspecified atom stereocenters. The molecule has 0 bridgehead atoms. The first-order valence-electron chi connectivity index (χ1n) is 11.1. The Kier molecular flexibility index (Phi) is 7.37. The zero-order chi connectivity index (χ0) is 26.9. The van der Waals surface area contributed by atoms with Gasteiger partial charge in [0.2, 0.25) is 0 Å². The molecule has 37 heavy (non-hydrogen) atoms. The highest BCUT2D eigenvalue weighted by molar-refractivity contribution is 7.86. The van der Waals surface area contributed by atoms with Crippen LogP contribution in [0.25, 0.3) is 0 Å². The lowest BCUT2D eigenvalue weighted by molar-refractivity contribution is 0.0525. The van der Waals surface area contributed by atoms with Gasteiger partial charge in [-0.25, -0.2) is 13.2 Å². The highest BCUT2D eigenvalue weighted by atomic mass is 32.2. The second-order valence-electron chi connectivity index (χ2n) is 8.59. The highest BCUT2D eigenvalue weighted by Gasteiger charge is 2.44. The molecule has 9 nitrogen and oxygen atoms in total. The normalized spacial score (nSPS) is 17.5. The maximum Gasteiger partial charge on any atom is 0.278 e. The number of halogens is 3. The number of rotatable bonds is 7. The minimum atomic E-state index is -4.23. The van der Waals surface area contributed by atoms with Gasteiger partial charge in [0.1, 0.15) is 11.9 Å². The van der Waals surface area contributed by atoms with E-state index in [1.165, 1.54) is 24.3 Å². The van der Waals surface area contributed by atoms with E-state index in [4.69, 9.17) is 4.18 Å². The van der Waals surface area contributed by atoms with Crippen LogP contribution in [0, 0.1) is 17.5 Å². The Balaban J connectivity index is 1.88. The third-order valence-corrected chi connectivity index (χ3v) is 6.70. The molecular weight excluding hydrogens is 515 g/mol. The largest absolute Gasteiger partial charge is 0.503 e. The summed E-state index contributed by atoms with van der Waals surface area (Å²) in [5.74, 6) is -6.05. The van der Waals surface area contributed by atoms with Gasteiger partial charge in [-0.1, -0.05) is 24.3 Å². The Morgan fingerprint density at radius 1 is 1.19 bits per heavy atom. The average Bonchev–Trinajstić information content (AvgIpc) is 3.33. The predicted octanol–water partition coefficient (Wildman–Crippen LogP) is 2.67. The van der Waals surface area contributed by atoms with Crippen molar-refractivity contribution in [3.05, 3.63) is 93.2 Å².